The second-order valence-electron chi connectivity index (χ2n) is 2.98. The van der Waals surface area contributed by atoms with E-state index < -0.39 is 5.97 Å². The number of nitrogens with zero attached hydrogens (tertiary/aromatic N) is 1. The Morgan fingerprint density at radius 2 is 1.91 bits per heavy atom. The van der Waals surface area contributed by atoms with Crippen LogP contribution in [0.2, 0.25) is 0 Å². The maximum atomic E-state index is 10.5. The Balaban J connectivity index is 4.47. The third kappa shape index (κ3) is 3.65. The van der Waals surface area contributed by atoms with Crippen molar-refractivity contribution < 1.29 is 9.90 Å². The van der Waals surface area contributed by atoms with Gasteiger partial charge in [-0.15, -0.1) is 0 Å². The summed E-state index contributed by atoms with van der Waals surface area (Å²) in [5, 5.41) is 10.5. The van der Waals surface area contributed by atoms with Crippen molar-refractivity contribution in [3.05, 3.63) is 11.8 Å². The molecule has 64 valence electrons. The molecule has 0 rings (SSSR count). The predicted molar refractivity (Wildman–Crippen MR) is 41.6 cm³/mol. The topological polar surface area (TPSA) is 43.4 Å². The number of aliphatic carboxylic acids is 1. The van der Waals surface area contributed by atoms with Crippen LogP contribution >= 0.6 is 0 Å². The minimum atomic E-state index is -1.12. The molecule has 0 aliphatic rings. The highest BCUT2D eigenvalue weighted by Gasteiger charge is 2.00. The van der Waals surface area contributed by atoms with Gasteiger partial charge in [-0.1, -0.05) is 19.9 Å². The van der Waals surface area contributed by atoms with Crippen molar-refractivity contribution in [2.75, 3.05) is 14.1 Å². The summed E-state index contributed by atoms with van der Waals surface area (Å²) in [6.45, 7) is 3.85. The van der Waals surface area contributed by atoms with Gasteiger partial charge in [0.25, 0.3) is 0 Å². The molecule has 0 fully saturated rings. The maximum Gasteiger partial charge on any atom is 0.0873 e. The van der Waals surface area contributed by atoms with Crippen LogP contribution < -0.4 is 5.11 Å². The van der Waals surface area contributed by atoms with E-state index >= 15 is 0 Å². The molecule has 3 nitrogen and oxygen atoms in total. The van der Waals surface area contributed by atoms with Crippen LogP contribution in [0.1, 0.15) is 13.8 Å². The van der Waals surface area contributed by atoms with Gasteiger partial charge in [0.1, 0.15) is 0 Å². The van der Waals surface area contributed by atoms with Crippen LogP contribution in [-0.4, -0.2) is 25.0 Å². The Labute approximate surface area is 67.3 Å². The average molecular weight is 156 g/mol. The van der Waals surface area contributed by atoms with E-state index in [2.05, 4.69) is 0 Å². The van der Waals surface area contributed by atoms with Gasteiger partial charge in [0.15, 0.2) is 0 Å². The third-order valence-electron chi connectivity index (χ3n) is 1.18. The van der Waals surface area contributed by atoms with Crippen LogP contribution in [0.4, 0.5) is 0 Å². The van der Waals surface area contributed by atoms with Gasteiger partial charge in [-0.2, -0.15) is 0 Å². The molecule has 3 heteroatoms. The zero-order chi connectivity index (χ0) is 9.02. The number of rotatable bonds is 3. The Kier molecular flexibility index (Phi) is 3.65. The zero-order valence-electron chi connectivity index (χ0n) is 7.42. The summed E-state index contributed by atoms with van der Waals surface area (Å²) in [4.78, 5) is 12.0. The number of carbonyl (C=O) groups excluding carboxylic acids is 1. The zero-order valence-corrected chi connectivity index (χ0v) is 7.42. The van der Waals surface area contributed by atoms with Crippen molar-refractivity contribution >= 4 is 5.97 Å². The average Bonchev–Trinajstić information content (AvgIpc) is 1.81. The van der Waals surface area contributed by atoms with E-state index in [4.69, 9.17) is 0 Å². The molecular formula is C8H14NO2-. The molecule has 0 aliphatic carbocycles. The summed E-state index contributed by atoms with van der Waals surface area (Å²) in [7, 11) is 3.37. The van der Waals surface area contributed by atoms with Crippen LogP contribution in [0.5, 0.6) is 0 Å². The maximum absolute atomic E-state index is 10.5. The minimum absolute atomic E-state index is 0.227. The highest BCUT2D eigenvalue weighted by Crippen LogP contribution is 2.03. The molecule has 11 heavy (non-hydrogen) atoms. The Hall–Kier alpha value is -0.990. The largest absolute Gasteiger partial charge is 0.543 e. The van der Waals surface area contributed by atoms with Gasteiger partial charge in [-0.3, -0.25) is 0 Å². The summed E-state index contributed by atoms with van der Waals surface area (Å²) in [6, 6.07) is 0. The first-order valence-electron chi connectivity index (χ1n) is 3.55. The fourth-order valence-electron chi connectivity index (χ4n) is 0.715. The summed E-state index contributed by atoms with van der Waals surface area (Å²) >= 11 is 0. The standard InChI is InChI=1S/C8H15NO2/c1-6(2)5-7(8(10)11)9(3)4/h5-6H,1-4H3,(H,10,11)/p-1/b7-5+. The monoisotopic (exact) mass is 156 g/mol. The van der Waals surface area contributed by atoms with E-state index in [1.807, 2.05) is 13.8 Å². The lowest BCUT2D eigenvalue weighted by molar-refractivity contribution is -0.301. The Morgan fingerprint density at radius 3 is 2.00 bits per heavy atom. The summed E-state index contributed by atoms with van der Waals surface area (Å²) < 4.78 is 0. The smallest absolute Gasteiger partial charge is 0.0873 e. The fourth-order valence-corrected chi connectivity index (χ4v) is 0.715. The van der Waals surface area contributed by atoms with Gasteiger partial charge in [0.2, 0.25) is 0 Å². The number of allylic oxidation sites excluding steroid dienone is 1. The first-order chi connectivity index (χ1) is 4.95. The second-order valence-corrected chi connectivity index (χ2v) is 2.98. The minimum Gasteiger partial charge on any atom is -0.543 e. The van der Waals surface area contributed by atoms with Crippen LogP contribution in [0.15, 0.2) is 11.8 Å². The van der Waals surface area contributed by atoms with Crippen LogP contribution in [0.3, 0.4) is 0 Å². The first kappa shape index (κ1) is 10.0. The van der Waals surface area contributed by atoms with E-state index in [1.165, 1.54) is 4.90 Å². The molecule has 0 aromatic heterocycles. The lowest BCUT2D eigenvalue weighted by Gasteiger charge is -2.18. The SMILES string of the molecule is CC(C)/C=C(\C(=O)[O-])N(C)C. The number of carbonyl (C=O) groups is 1. The second kappa shape index (κ2) is 4.01. The third-order valence-corrected chi connectivity index (χ3v) is 1.18. The molecule has 0 heterocycles. The van der Waals surface area contributed by atoms with Gasteiger partial charge in [-0.05, 0) is 5.92 Å². The molecular weight excluding hydrogens is 142 g/mol. The highest BCUT2D eigenvalue weighted by molar-refractivity contribution is 5.83. The molecule has 0 unspecified atom stereocenters. The molecule has 0 aromatic carbocycles. The van der Waals surface area contributed by atoms with Crippen molar-refractivity contribution in [1.82, 2.24) is 4.90 Å². The summed E-state index contributed by atoms with van der Waals surface area (Å²) in [5.41, 5.74) is 0.236. The number of carboxylic acid groups (broad SMARTS) is 1. The molecule has 0 saturated carbocycles. The summed E-state index contributed by atoms with van der Waals surface area (Å²) in [5.74, 6) is -0.894. The van der Waals surface area contributed by atoms with Gasteiger partial charge < -0.3 is 14.8 Å². The van der Waals surface area contributed by atoms with E-state index in [0.717, 1.165) is 0 Å². The Bertz CT molecular complexity index is 171. The van der Waals surface area contributed by atoms with Crippen molar-refractivity contribution in [3.63, 3.8) is 0 Å². The van der Waals surface area contributed by atoms with E-state index in [1.54, 1.807) is 20.2 Å². The van der Waals surface area contributed by atoms with Gasteiger partial charge in [0.05, 0.1) is 11.7 Å². The molecule has 0 saturated heterocycles. The quantitative estimate of drug-likeness (QED) is 0.533. The molecule has 0 aromatic rings. The fraction of sp³-hybridized carbons (Fsp3) is 0.625. The normalized spacial score (nSPS) is 11.9. The highest BCUT2D eigenvalue weighted by atomic mass is 16.4. The van der Waals surface area contributed by atoms with E-state index in [0.29, 0.717) is 0 Å². The molecule has 0 radical (unpaired) electrons. The van der Waals surface area contributed by atoms with Crippen LogP contribution in [0, 0.1) is 5.92 Å². The van der Waals surface area contributed by atoms with Crippen molar-refractivity contribution in [3.8, 4) is 0 Å². The molecule has 0 spiro atoms. The van der Waals surface area contributed by atoms with E-state index in [9.17, 15) is 9.90 Å². The van der Waals surface area contributed by atoms with Gasteiger partial charge in [0, 0.05) is 14.1 Å². The molecule has 0 N–H and O–H groups in total. The van der Waals surface area contributed by atoms with Crippen LogP contribution in [-0.2, 0) is 4.79 Å². The number of likely N-dealkylation sites (N-methyl/N-ethyl adjacent to an activating group) is 1. The van der Waals surface area contributed by atoms with E-state index in [-0.39, 0.29) is 11.6 Å². The van der Waals surface area contributed by atoms with Crippen molar-refractivity contribution in [2.45, 2.75) is 13.8 Å². The number of hydrogen-bond donors (Lipinski definition) is 0. The molecule has 0 bridgehead atoms. The van der Waals surface area contributed by atoms with Gasteiger partial charge >= 0.3 is 0 Å². The number of hydrogen-bond acceptors (Lipinski definition) is 3. The summed E-state index contributed by atoms with van der Waals surface area (Å²) in [6.07, 6.45) is 1.66. The van der Waals surface area contributed by atoms with Crippen molar-refractivity contribution in [2.24, 2.45) is 5.92 Å². The number of carboxylic acids is 1. The molecule has 0 amide bonds. The van der Waals surface area contributed by atoms with Gasteiger partial charge in [-0.25, -0.2) is 0 Å². The molecule has 0 aliphatic heterocycles. The first-order valence-corrected chi connectivity index (χ1v) is 3.55. The predicted octanol–water partition coefficient (Wildman–Crippen LogP) is -0.162. The van der Waals surface area contributed by atoms with Crippen molar-refractivity contribution in [1.29, 1.82) is 0 Å². The lowest BCUT2D eigenvalue weighted by atomic mass is 10.2. The Morgan fingerprint density at radius 1 is 1.45 bits per heavy atom. The van der Waals surface area contributed by atoms with Crippen LogP contribution in [0.25, 0.3) is 0 Å². The molecule has 0 atom stereocenters. The lowest BCUT2D eigenvalue weighted by Crippen LogP contribution is -2.32.